The third kappa shape index (κ3) is 3.39. The van der Waals surface area contributed by atoms with Crippen LogP contribution in [-0.4, -0.2) is 34.3 Å². The Morgan fingerprint density at radius 1 is 1.33 bits per heavy atom. The second-order valence-corrected chi connectivity index (χ2v) is 9.19. The van der Waals surface area contributed by atoms with Gasteiger partial charge in [-0.2, -0.15) is 5.10 Å². The molecular formula is C19H26N4O3S. The molecule has 7 nitrogen and oxygen atoms in total. The average molecular weight is 391 g/mol. The van der Waals surface area contributed by atoms with E-state index in [1.807, 2.05) is 6.92 Å². The first-order chi connectivity index (χ1) is 12.5. The van der Waals surface area contributed by atoms with Crippen LogP contribution in [0.25, 0.3) is 0 Å². The number of aromatic nitrogens is 2. The molecule has 1 aliphatic rings. The molecule has 0 atom stereocenters. The number of hydrogen-bond donors (Lipinski definition) is 2. The number of fused-ring (bicyclic) bond motifs is 1. The Bertz CT molecular complexity index is 904. The first-order valence-electron chi connectivity index (χ1n) is 8.80. The van der Waals surface area contributed by atoms with Gasteiger partial charge in [-0.25, -0.2) is 4.79 Å². The van der Waals surface area contributed by atoms with Crippen molar-refractivity contribution in [3.05, 3.63) is 33.5 Å². The number of methoxy groups -OCH3 is 1. The number of esters is 1. The molecule has 3 rings (SSSR count). The fourth-order valence-corrected chi connectivity index (χ4v) is 5.23. The number of carbonyl (C=O) groups excluding carboxylic acids is 2. The molecule has 0 aromatic carbocycles. The molecule has 0 saturated carbocycles. The predicted octanol–water partition coefficient (Wildman–Crippen LogP) is 2.99. The van der Waals surface area contributed by atoms with Crippen LogP contribution in [0.2, 0.25) is 0 Å². The minimum atomic E-state index is -0.432. The van der Waals surface area contributed by atoms with Crippen LogP contribution in [-0.2, 0) is 23.7 Å². The van der Waals surface area contributed by atoms with Crippen molar-refractivity contribution in [1.29, 1.82) is 0 Å². The van der Waals surface area contributed by atoms with Crippen molar-refractivity contribution >= 4 is 28.2 Å². The highest BCUT2D eigenvalue weighted by molar-refractivity contribution is 7.17. The molecule has 0 aliphatic carbocycles. The molecule has 2 aromatic heterocycles. The van der Waals surface area contributed by atoms with Crippen LogP contribution >= 0.6 is 11.3 Å². The molecule has 1 aliphatic heterocycles. The van der Waals surface area contributed by atoms with Crippen LogP contribution in [0.3, 0.4) is 0 Å². The lowest BCUT2D eigenvalue weighted by molar-refractivity contribution is 0.0600. The molecule has 8 heteroatoms. The summed E-state index contributed by atoms with van der Waals surface area (Å²) < 4.78 is 6.57. The van der Waals surface area contributed by atoms with E-state index in [0.717, 1.165) is 16.0 Å². The van der Waals surface area contributed by atoms with E-state index in [1.165, 1.54) is 23.1 Å². The fraction of sp³-hybridized carbons (Fsp3) is 0.526. The maximum Gasteiger partial charge on any atom is 0.341 e. The number of hydrogen-bond acceptors (Lipinski definition) is 6. The van der Waals surface area contributed by atoms with Crippen LogP contribution in [0.4, 0.5) is 5.00 Å². The van der Waals surface area contributed by atoms with Gasteiger partial charge in [0, 0.05) is 23.0 Å². The van der Waals surface area contributed by atoms with Crippen LogP contribution in [0.5, 0.6) is 0 Å². The lowest BCUT2D eigenvalue weighted by Crippen LogP contribution is -2.55. The summed E-state index contributed by atoms with van der Waals surface area (Å²) in [6.45, 7) is 10.2. The molecular weight excluding hydrogens is 364 g/mol. The van der Waals surface area contributed by atoms with Gasteiger partial charge < -0.3 is 15.4 Å². The van der Waals surface area contributed by atoms with Crippen molar-refractivity contribution in [2.45, 2.75) is 52.1 Å². The average Bonchev–Trinajstić information content (AvgIpc) is 3.05. The number of nitrogens with zero attached hydrogens (tertiary/aromatic N) is 2. The summed E-state index contributed by atoms with van der Waals surface area (Å²) in [5, 5.41) is 11.2. The highest BCUT2D eigenvalue weighted by atomic mass is 32.1. The highest BCUT2D eigenvalue weighted by Gasteiger charge is 2.42. The van der Waals surface area contributed by atoms with Crippen molar-refractivity contribution in [3.8, 4) is 0 Å². The van der Waals surface area contributed by atoms with Gasteiger partial charge in [-0.3, -0.25) is 9.48 Å². The van der Waals surface area contributed by atoms with Gasteiger partial charge in [-0.1, -0.05) is 0 Å². The number of aryl methyl sites for hydroxylation is 2. The first kappa shape index (κ1) is 19.6. The van der Waals surface area contributed by atoms with Gasteiger partial charge in [-0.05, 0) is 52.2 Å². The topological polar surface area (TPSA) is 85.2 Å². The van der Waals surface area contributed by atoms with Gasteiger partial charge in [0.2, 0.25) is 0 Å². The van der Waals surface area contributed by atoms with E-state index in [4.69, 9.17) is 4.74 Å². The standard InChI is InChI=1S/C19H26N4O3S/c1-10-9-20-23(6)13(10)15(24)21-16-12(17(25)26-7)11-8-18(2,3)22-19(4,5)14(11)27-16/h9,22H,8H2,1-7H3,(H,21,24). The Kier molecular flexibility index (Phi) is 4.68. The first-order valence-corrected chi connectivity index (χ1v) is 9.62. The molecule has 146 valence electrons. The van der Waals surface area contributed by atoms with Crippen LogP contribution in [0.15, 0.2) is 6.20 Å². The third-order valence-electron chi connectivity index (χ3n) is 4.80. The van der Waals surface area contributed by atoms with Crippen LogP contribution in [0, 0.1) is 6.92 Å². The van der Waals surface area contributed by atoms with Crippen molar-refractivity contribution in [2.75, 3.05) is 12.4 Å². The predicted molar refractivity (Wildman–Crippen MR) is 106 cm³/mol. The lowest BCUT2D eigenvalue weighted by Gasteiger charge is -2.42. The molecule has 0 spiro atoms. The molecule has 0 bridgehead atoms. The Labute approximate surface area is 163 Å². The maximum absolute atomic E-state index is 12.8. The summed E-state index contributed by atoms with van der Waals surface area (Å²) >= 11 is 1.43. The summed E-state index contributed by atoms with van der Waals surface area (Å²) in [4.78, 5) is 26.5. The van der Waals surface area contributed by atoms with Crippen molar-refractivity contribution < 1.29 is 14.3 Å². The molecule has 0 fully saturated rings. The van der Waals surface area contributed by atoms with Crippen LogP contribution in [0.1, 0.15) is 64.5 Å². The molecule has 2 aromatic rings. The summed E-state index contributed by atoms with van der Waals surface area (Å²) in [5.41, 5.74) is 2.14. The summed E-state index contributed by atoms with van der Waals surface area (Å²) in [6, 6.07) is 0. The van der Waals surface area contributed by atoms with Gasteiger partial charge >= 0.3 is 5.97 Å². The molecule has 1 amide bonds. The van der Waals surface area contributed by atoms with Gasteiger partial charge in [0.15, 0.2) is 0 Å². The Balaban J connectivity index is 2.10. The lowest BCUT2D eigenvalue weighted by atomic mass is 9.81. The number of nitrogens with one attached hydrogen (secondary N) is 2. The smallest absolute Gasteiger partial charge is 0.341 e. The summed E-state index contributed by atoms with van der Waals surface area (Å²) in [5.74, 6) is -0.723. The highest BCUT2D eigenvalue weighted by Crippen LogP contribution is 2.45. The zero-order chi connectivity index (χ0) is 20.1. The van der Waals surface area contributed by atoms with Gasteiger partial charge in [0.1, 0.15) is 10.7 Å². The third-order valence-corrected chi connectivity index (χ3v) is 6.27. The Morgan fingerprint density at radius 3 is 2.56 bits per heavy atom. The zero-order valence-electron chi connectivity index (χ0n) is 16.8. The summed E-state index contributed by atoms with van der Waals surface area (Å²) in [7, 11) is 3.08. The van der Waals surface area contributed by atoms with E-state index in [2.05, 4.69) is 43.4 Å². The molecule has 0 saturated heterocycles. The SMILES string of the molecule is COC(=O)c1c(NC(=O)c2c(C)cnn2C)sc2c1CC(C)(C)NC2(C)C. The largest absolute Gasteiger partial charge is 0.465 e. The quantitative estimate of drug-likeness (QED) is 0.787. The van der Waals surface area contributed by atoms with Gasteiger partial charge in [0.25, 0.3) is 5.91 Å². The van der Waals surface area contributed by atoms with Crippen molar-refractivity contribution in [3.63, 3.8) is 0 Å². The number of ether oxygens (including phenoxy) is 1. The molecule has 27 heavy (non-hydrogen) atoms. The molecule has 0 unspecified atom stereocenters. The normalized spacial score (nSPS) is 17.3. The monoisotopic (exact) mass is 390 g/mol. The summed E-state index contributed by atoms with van der Waals surface area (Å²) in [6.07, 6.45) is 2.32. The van der Waals surface area contributed by atoms with Crippen molar-refractivity contribution in [2.24, 2.45) is 7.05 Å². The van der Waals surface area contributed by atoms with E-state index in [0.29, 0.717) is 22.7 Å². The number of rotatable bonds is 3. The van der Waals surface area contributed by atoms with E-state index >= 15 is 0 Å². The minimum absolute atomic E-state index is 0.180. The van der Waals surface area contributed by atoms with Gasteiger partial charge in [0.05, 0.1) is 18.9 Å². The maximum atomic E-state index is 12.8. The zero-order valence-corrected chi connectivity index (χ0v) is 17.6. The number of anilines is 1. The van der Waals surface area contributed by atoms with Crippen LogP contribution < -0.4 is 10.6 Å². The molecule has 2 N–H and O–H groups in total. The molecule has 3 heterocycles. The van der Waals surface area contributed by atoms with E-state index in [1.54, 1.807) is 13.2 Å². The second-order valence-electron chi connectivity index (χ2n) is 8.17. The number of thiophene rings is 1. The molecule has 0 radical (unpaired) electrons. The van der Waals surface area contributed by atoms with E-state index in [9.17, 15) is 9.59 Å². The van der Waals surface area contributed by atoms with E-state index in [-0.39, 0.29) is 17.0 Å². The van der Waals surface area contributed by atoms with Gasteiger partial charge in [-0.15, -0.1) is 11.3 Å². The number of carbonyl (C=O) groups is 2. The van der Waals surface area contributed by atoms with Crippen molar-refractivity contribution in [1.82, 2.24) is 15.1 Å². The second kappa shape index (κ2) is 6.45. The number of amides is 1. The Hall–Kier alpha value is -2.19. The van der Waals surface area contributed by atoms with E-state index < -0.39 is 5.97 Å². The Morgan fingerprint density at radius 2 is 2.00 bits per heavy atom. The minimum Gasteiger partial charge on any atom is -0.465 e. The fourth-order valence-electron chi connectivity index (χ4n) is 3.97.